The van der Waals surface area contributed by atoms with Gasteiger partial charge in [-0.3, -0.25) is 9.78 Å². The molecule has 0 bridgehead atoms. The van der Waals surface area contributed by atoms with Gasteiger partial charge in [0.1, 0.15) is 5.75 Å². The lowest BCUT2D eigenvalue weighted by atomic mass is 10.1. The van der Waals surface area contributed by atoms with E-state index in [0.29, 0.717) is 11.3 Å². The highest BCUT2D eigenvalue weighted by atomic mass is 16.5. The molecular weight excluding hydrogens is 264 g/mol. The molecule has 1 atom stereocenters. The maximum Gasteiger partial charge on any atom is 0.258 e. The molecule has 108 valence electrons. The summed E-state index contributed by atoms with van der Waals surface area (Å²) in [5.74, 6) is 0.662. The van der Waals surface area contributed by atoms with Crippen LogP contribution in [0.3, 0.4) is 0 Å². The summed E-state index contributed by atoms with van der Waals surface area (Å²) in [6, 6.07) is 11.5. The number of rotatable bonds is 3. The summed E-state index contributed by atoms with van der Waals surface area (Å²) < 4.78 is 5.31. The summed E-state index contributed by atoms with van der Waals surface area (Å²) in [4.78, 5) is 18.8. The maximum atomic E-state index is 12.8. The van der Waals surface area contributed by atoms with Crippen LogP contribution in [0.2, 0.25) is 0 Å². The van der Waals surface area contributed by atoms with E-state index in [9.17, 15) is 4.79 Å². The van der Waals surface area contributed by atoms with E-state index < -0.39 is 0 Å². The van der Waals surface area contributed by atoms with Crippen LogP contribution in [-0.2, 0) is 0 Å². The second-order valence-electron chi connectivity index (χ2n) is 5.14. The van der Waals surface area contributed by atoms with Gasteiger partial charge < -0.3 is 9.64 Å². The van der Waals surface area contributed by atoms with E-state index in [1.165, 1.54) is 0 Å². The topological polar surface area (TPSA) is 42.4 Å². The number of hydrogen-bond donors (Lipinski definition) is 0. The number of hydrogen-bond acceptors (Lipinski definition) is 3. The molecule has 1 amide bonds. The minimum atomic E-state index is 0.0340. The van der Waals surface area contributed by atoms with Crippen LogP contribution in [0.4, 0.5) is 0 Å². The Kier molecular flexibility index (Phi) is 3.86. The van der Waals surface area contributed by atoms with Gasteiger partial charge in [0, 0.05) is 18.9 Å². The second kappa shape index (κ2) is 5.95. The molecule has 1 aliphatic heterocycles. The van der Waals surface area contributed by atoms with Crippen LogP contribution in [0.25, 0.3) is 0 Å². The molecule has 1 saturated heterocycles. The highest BCUT2D eigenvalue weighted by Gasteiger charge is 2.31. The third-order valence-electron chi connectivity index (χ3n) is 3.94. The Bertz CT molecular complexity index is 628. The molecule has 3 rings (SSSR count). The number of para-hydroxylation sites is 1. The summed E-state index contributed by atoms with van der Waals surface area (Å²) in [6.07, 6.45) is 5.57. The lowest BCUT2D eigenvalue weighted by Gasteiger charge is -2.25. The summed E-state index contributed by atoms with van der Waals surface area (Å²) in [6.45, 7) is 0.782. The SMILES string of the molecule is COc1ccccc1C(=O)N1CCCC1c1ccncc1. The second-order valence-corrected chi connectivity index (χ2v) is 5.14. The third-order valence-corrected chi connectivity index (χ3v) is 3.94. The largest absolute Gasteiger partial charge is 0.496 e. The molecule has 21 heavy (non-hydrogen) atoms. The molecule has 0 radical (unpaired) electrons. The van der Waals surface area contributed by atoms with Crippen LogP contribution in [0.5, 0.6) is 5.75 Å². The highest BCUT2D eigenvalue weighted by Crippen LogP contribution is 2.34. The van der Waals surface area contributed by atoms with Gasteiger partial charge in [-0.25, -0.2) is 0 Å². The van der Waals surface area contributed by atoms with E-state index >= 15 is 0 Å². The fourth-order valence-electron chi connectivity index (χ4n) is 2.92. The molecule has 2 heterocycles. The zero-order valence-corrected chi connectivity index (χ0v) is 12.0. The molecule has 2 aromatic rings. The van der Waals surface area contributed by atoms with Crippen LogP contribution in [-0.4, -0.2) is 29.4 Å². The summed E-state index contributed by atoms with van der Waals surface area (Å²) in [5.41, 5.74) is 1.77. The van der Waals surface area contributed by atoms with Gasteiger partial charge in [-0.1, -0.05) is 12.1 Å². The molecule has 1 fully saturated rings. The zero-order valence-electron chi connectivity index (χ0n) is 12.0. The molecule has 0 saturated carbocycles. The number of amides is 1. The van der Waals surface area contributed by atoms with Crippen LogP contribution in [0, 0.1) is 0 Å². The number of pyridine rings is 1. The Morgan fingerprint density at radius 3 is 2.76 bits per heavy atom. The number of ether oxygens (including phenoxy) is 1. The molecule has 0 spiro atoms. The van der Waals surface area contributed by atoms with Crippen molar-refractivity contribution in [3.8, 4) is 5.75 Å². The minimum Gasteiger partial charge on any atom is -0.496 e. The van der Waals surface area contributed by atoms with Crippen molar-refractivity contribution in [2.24, 2.45) is 0 Å². The van der Waals surface area contributed by atoms with Gasteiger partial charge in [0.25, 0.3) is 5.91 Å². The first-order chi connectivity index (χ1) is 10.3. The molecule has 1 aliphatic rings. The minimum absolute atomic E-state index is 0.0340. The molecular formula is C17H18N2O2. The molecule has 1 aromatic heterocycles. The Hall–Kier alpha value is -2.36. The van der Waals surface area contributed by atoms with E-state index in [1.54, 1.807) is 19.5 Å². The molecule has 1 aromatic carbocycles. The predicted molar refractivity (Wildman–Crippen MR) is 80.2 cm³/mol. The van der Waals surface area contributed by atoms with Crippen molar-refractivity contribution in [3.05, 3.63) is 59.9 Å². The Morgan fingerprint density at radius 2 is 2.00 bits per heavy atom. The quantitative estimate of drug-likeness (QED) is 0.869. The number of carbonyl (C=O) groups excluding carboxylic acids is 1. The lowest BCUT2D eigenvalue weighted by molar-refractivity contribution is 0.0732. The van der Waals surface area contributed by atoms with Crippen LogP contribution >= 0.6 is 0 Å². The third kappa shape index (κ3) is 2.61. The van der Waals surface area contributed by atoms with Gasteiger partial charge in [0.05, 0.1) is 18.7 Å². The van der Waals surface area contributed by atoms with Gasteiger partial charge >= 0.3 is 0 Å². The van der Waals surface area contributed by atoms with Gasteiger partial charge in [0.2, 0.25) is 0 Å². The monoisotopic (exact) mass is 282 g/mol. The maximum absolute atomic E-state index is 12.8. The smallest absolute Gasteiger partial charge is 0.258 e. The first kappa shape index (κ1) is 13.6. The van der Waals surface area contributed by atoms with Crippen molar-refractivity contribution in [3.63, 3.8) is 0 Å². The average Bonchev–Trinajstić information content (AvgIpc) is 3.04. The number of likely N-dealkylation sites (tertiary alicyclic amines) is 1. The zero-order chi connectivity index (χ0) is 14.7. The van der Waals surface area contributed by atoms with E-state index in [2.05, 4.69) is 4.98 Å². The van der Waals surface area contributed by atoms with Crippen molar-refractivity contribution in [2.75, 3.05) is 13.7 Å². The Labute approximate surface area is 124 Å². The van der Waals surface area contributed by atoms with Crippen LogP contribution in [0.1, 0.15) is 34.8 Å². The van der Waals surface area contributed by atoms with Crippen molar-refractivity contribution in [1.29, 1.82) is 0 Å². The van der Waals surface area contributed by atoms with Gasteiger partial charge in [-0.15, -0.1) is 0 Å². The predicted octanol–water partition coefficient (Wildman–Crippen LogP) is 3.07. The molecule has 0 N–H and O–H groups in total. The van der Waals surface area contributed by atoms with Gasteiger partial charge in [0.15, 0.2) is 0 Å². The number of nitrogens with zero attached hydrogens (tertiary/aromatic N) is 2. The van der Waals surface area contributed by atoms with E-state index in [-0.39, 0.29) is 11.9 Å². The van der Waals surface area contributed by atoms with Crippen molar-refractivity contribution >= 4 is 5.91 Å². The average molecular weight is 282 g/mol. The Morgan fingerprint density at radius 1 is 1.24 bits per heavy atom. The normalized spacial score (nSPS) is 17.8. The van der Waals surface area contributed by atoms with Crippen molar-refractivity contribution < 1.29 is 9.53 Å². The molecule has 4 heteroatoms. The summed E-state index contributed by atoms with van der Waals surface area (Å²) >= 11 is 0. The summed E-state index contributed by atoms with van der Waals surface area (Å²) in [5, 5.41) is 0. The van der Waals surface area contributed by atoms with Crippen LogP contribution in [0.15, 0.2) is 48.8 Å². The highest BCUT2D eigenvalue weighted by molar-refractivity contribution is 5.97. The van der Waals surface area contributed by atoms with E-state index in [1.807, 2.05) is 41.3 Å². The van der Waals surface area contributed by atoms with Gasteiger partial charge in [-0.2, -0.15) is 0 Å². The molecule has 4 nitrogen and oxygen atoms in total. The first-order valence-corrected chi connectivity index (χ1v) is 7.15. The number of aromatic nitrogens is 1. The van der Waals surface area contributed by atoms with Crippen molar-refractivity contribution in [1.82, 2.24) is 9.88 Å². The fraction of sp³-hybridized carbons (Fsp3) is 0.294. The number of methoxy groups -OCH3 is 1. The molecule has 1 unspecified atom stereocenters. The van der Waals surface area contributed by atoms with Crippen LogP contribution < -0.4 is 4.74 Å². The van der Waals surface area contributed by atoms with Gasteiger partial charge in [-0.05, 0) is 42.7 Å². The number of benzene rings is 1. The Balaban J connectivity index is 1.90. The first-order valence-electron chi connectivity index (χ1n) is 7.15. The van der Waals surface area contributed by atoms with E-state index in [0.717, 1.165) is 24.9 Å². The number of carbonyl (C=O) groups is 1. The summed E-state index contributed by atoms with van der Waals surface area (Å²) in [7, 11) is 1.59. The molecule has 0 aliphatic carbocycles. The van der Waals surface area contributed by atoms with Crippen molar-refractivity contribution in [2.45, 2.75) is 18.9 Å². The standard InChI is InChI=1S/C17H18N2O2/c1-21-16-7-3-2-5-14(16)17(20)19-12-4-6-15(19)13-8-10-18-11-9-13/h2-3,5,7-11,15H,4,6,12H2,1H3. The van der Waals surface area contributed by atoms with E-state index in [4.69, 9.17) is 4.74 Å². The fourth-order valence-corrected chi connectivity index (χ4v) is 2.92. The lowest BCUT2D eigenvalue weighted by Crippen LogP contribution is -2.30.